The quantitative estimate of drug-likeness (QED) is 0.547. The number of carbonyl (C=O) groups excluding carboxylic acids is 2. The lowest BCUT2D eigenvalue weighted by Crippen LogP contribution is -2.27. The molecule has 0 saturated carbocycles. The lowest BCUT2D eigenvalue weighted by atomic mass is 9.96. The van der Waals surface area contributed by atoms with Crippen molar-refractivity contribution in [2.24, 2.45) is 11.8 Å². The highest BCUT2D eigenvalue weighted by Crippen LogP contribution is 2.12. The summed E-state index contributed by atoms with van der Waals surface area (Å²) >= 11 is 0. The number of carbonyl (C=O) groups is 2. The molecule has 1 aromatic carbocycles. The van der Waals surface area contributed by atoms with Crippen molar-refractivity contribution in [3.05, 3.63) is 35.9 Å². The lowest BCUT2D eigenvalue weighted by Gasteiger charge is -2.16. The van der Waals surface area contributed by atoms with Crippen molar-refractivity contribution in [3.63, 3.8) is 0 Å². The van der Waals surface area contributed by atoms with E-state index >= 15 is 0 Å². The van der Waals surface area contributed by atoms with Gasteiger partial charge in [0.2, 0.25) is 0 Å². The Kier molecular flexibility index (Phi) is 6.08. The first-order valence-electron chi connectivity index (χ1n) is 5.83. The van der Waals surface area contributed by atoms with Gasteiger partial charge in [0.1, 0.15) is 6.29 Å². The van der Waals surface area contributed by atoms with E-state index in [2.05, 4.69) is 4.74 Å². The SMILES string of the molecule is COC(=O)[C@@H](C)C(C=O)COCc1ccccc1. The molecule has 0 aromatic heterocycles. The molecule has 0 heterocycles. The van der Waals surface area contributed by atoms with E-state index < -0.39 is 17.8 Å². The number of hydrogen-bond donors (Lipinski definition) is 0. The monoisotopic (exact) mass is 250 g/mol. The largest absolute Gasteiger partial charge is 0.469 e. The van der Waals surface area contributed by atoms with Crippen LogP contribution in [0.5, 0.6) is 0 Å². The Bertz CT molecular complexity index is 375. The molecule has 0 aliphatic rings. The van der Waals surface area contributed by atoms with Crippen LogP contribution in [-0.4, -0.2) is 26.0 Å². The summed E-state index contributed by atoms with van der Waals surface area (Å²) in [7, 11) is 1.31. The van der Waals surface area contributed by atoms with E-state index in [1.807, 2.05) is 30.3 Å². The highest BCUT2D eigenvalue weighted by atomic mass is 16.5. The summed E-state index contributed by atoms with van der Waals surface area (Å²) in [6, 6.07) is 9.66. The maximum atomic E-state index is 11.3. The van der Waals surface area contributed by atoms with Gasteiger partial charge < -0.3 is 14.3 Å². The van der Waals surface area contributed by atoms with Crippen LogP contribution in [0.1, 0.15) is 12.5 Å². The lowest BCUT2D eigenvalue weighted by molar-refractivity contribution is -0.149. The van der Waals surface area contributed by atoms with Gasteiger partial charge in [0.05, 0.1) is 32.2 Å². The highest BCUT2D eigenvalue weighted by Gasteiger charge is 2.24. The van der Waals surface area contributed by atoms with Crippen LogP contribution in [0.15, 0.2) is 30.3 Å². The van der Waals surface area contributed by atoms with E-state index in [0.717, 1.165) is 11.8 Å². The third kappa shape index (κ3) is 4.30. The summed E-state index contributed by atoms with van der Waals surface area (Å²) < 4.78 is 10.1. The summed E-state index contributed by atoms with van der Waals surface area (Å²) in [5, 5.41) is 0. The van der Waals surface area contributed by atoms with E-state index in [1.165, 1.54) is 7.11 Å². The first kappa shape index (κ1) is 14.4. The zero-order valence-electron chi connectivity index (χ0n) is 10.7. The fourth-order valence-corrected chi connectivity index (χ4v) is 1.55. The summed E-state index contributed by atoms with van der Waals surface area (Å²) in [5.74, 6) is -1.35. The third-order valence-electron chi connectivity index (χ3n) is 2.81. The fourth-order valence-electron chi connectivity index (χ4n) is 1.55. The van der Waals surface area contributed by atoms with Crippen LogP contribution in [0.4, 0.5) is 0 Å². The molecule has 0 saturated heterocycles. The molecule has 0 aliphatic carbocycles. The van der Waals surface area contributed by atoms with Crippen molar-refractivity contribution in [2.75, 3.05) is 13.7 Å². The van der Waals surface area contributed by atoms with E-state index in [9.17, 15) is 9.59 Å². The molecule has 0 N–H and O–H groups in total. The van der Waals surface area contributed by atoms with Crippen molar-refractivity contribution in [3.8, 4) is 0 Å². The summed E-state index contributed by atoms with van der Waals surface area (Å²) in [6.45, 7) is 2.31. The molecular weight excluding hydrogens is 232 g/mol. The summed E-state index contributed by atoms with van der Waals surface area (Å²) in [6.07, 6.45) is 0.743. The van der Waals surface area contributed by atoms with Gasteiger partial charge in [0, 0.05) is 0 Å². The first-order chi connectivity index (χ1) is 8.69. The molecular formula is C14H18O4. The van der Waals surface area contributed by atoms with E-state index in [0.29, 0.717) is 6.61 Å². The average Bonchev–Trinajstić information content (AvgIpc) is 2.43. The number of benzene rings is 1. The van der Waals surface area contributed by atoms with Gasteiger partial charge in [0.15, 0.2) is 0 Å². The molecule has 1 rings (SSSR count). The van der Waals surface area contributed by atoms with Crippen LogP contribution >= 0.6 is 0 Å². The van der Waals surface area contributed by atoms with Crippen LogP contribution in [-0.2, 0) is 25.7 Å². The summed E-state index contributed by atoms with van der Waals surface area (Å²) in [5.41, 5.74) is 1.04. The molecule has 98 valence electrons. The molecule has 4 heteroatoms. The van der Waals surface area contributed by atoms with Gasteiger partial charge >= 0.3 is 5.97 Å². The van der Waals surface area contributed by atoms with Crippen LogP contribution in [0.25, 0.3) is 0 Å². The predicted molar refractivity (Wildman–Crippen MR) is 66.8 cm³/mol. The topological polar surface area (TPSA) is 52.6 Å². The van der Waals surface area contributed by atoms with Gasteiger partial charge in [0.25, 0.3) is 0 Å². The van der Waals surface area contributed by atoms with Gasteiger partial charge in [-0.1, -0.05) is 37.3 Å². The van der Waals surface area contributed by atoms with Gasteiger partial charge in [-0.15, -0.1) is 0 Å². The van der Waals surface area contributed by atoms with E-state index in [4.69, 9.17) is 4.74 Å². The van der Waals surface area contributed by atoms with Crippen molar-refractivity contribution in [1.82, 2.24) is 0 Å². The first-order valence-corrected chi connectivity index (χ1v) is 5.83. The zero-order valence-corrected chi connectivity index (χ0v) is 10.7. The Hall–Kier alpha value is -1.68. The minimum absolute atomic E-state index is 0.217. The van der Waals surface area contributed by atoms with Gasteiger partial charge in [-0.05, 0) is 5.56 Å². The zero-order chi connectivity index (χ0) is 13.4. The Morgan fingerprint density at radius 3 is 2.56 bits per heavy atom. The molecule has 0 amide bonds. The highest BCUT2D eigenvalue weighted by molar-refractivity contribution is 5.76. The predicted octanol–water partition coefficient (Wildman–Crippen LogP) is 1.83. The van der Waals surface area contributed by atoms with E-state index in [1.54, 1.807) is 6.92 Å². The van der Waals surface area contributed by atoms with Crippen LogP contribution in [0.3, 0.4) is 0 Å². The Balaban J connectivity index is 2.40. The molecule has 0 spiro atoms. The van der Waals surface area contributed by atoms with Gasteiger partial charge in [-0.2, -0.15) is 0 Å². The smallest absolute Gasteiger partial charge is 0.309 e. The van der Waals surface area contributed by atoms with Crippen LogP contribution in [0.2, 0.25) is 0 Å². The maximum absolute atomic E-state index is 11.3. The van der Waals surface area contributed by atoms with Gasteiger partial charge in [-0.3, -0.25) is 4.79 Å². The molecule has 0 bridgehead atoms. The molecule has 0 radical (unpaired) electrons. The van der Waals surface area contributed by atoms with Crippen LogP contribution in [0, 0.1) is 11.8 Å². The molecule has 0 aliphatic heterocycles. The van der Waals surface area contributed by atoms with Gasteiger partial charge in [-0.25, -0.2) is 0 Å². The fraction of sp³-hybridized carbons (Fsp3) is 0.429. The van der Waals surface area contributed by atoms with Crippen molar-refractivity contribution in [2.45, 2.75) is 13.5 Å². The van der Waals surface area contributed by atoms with Crippen molar-refractivity contribution in [1.29, 1.82) is 0 Å². The summed E-state index contributed by atoms with van der Waals surface area (Å²) in [4.78, 5) is 22.2. The number of esters is 1. The van der Waals surface area contributed by atoms with Crippen molar-refractivity contribution < 1.29 is 19.1 Å². The second-order valence-electron chi connectivity index (χ2n) is 4.11. The van der Waals surface area contributed by atoms with Crippen LogP contribution < -0.4 is 0 Å². The normalized spacial score (nSPS) is 13.7. The molecule has 2 atom stereocenters. The second kappa shape index (κ2) is 7.61. The third-order valence-corrected chi connectivity index (χ3v) is 2.81. The van der Waals surface area contributed by atoms with E-state index in [-0.39, 0.29) is 6.61 Å². The maximum Gasteiger partial charge on any atom is 0.309 e. The molecule has 1 aromatic rings. The van der Waals surface area contributed by atoms with Crippen molar-refractivity contribution >= 4 is 12.3 Å². The minimum Gasteiger partial charge on any atom is -0.469 e. The molecule has 1 unspecified atom stereocenters. The number of ether oxygens (including phenoxy) is 2. The molecule has 4 nitrogen and oxygen atoms in total. The minimum atomic E-state index is -0.483. The standard InChI is InChI=1S/C14H18O4/c1-11(14(16)17-2)13(8-15)10-18-9-12-6-4-3-5-7-12/h3-8,11,13H,9-10H2,1-2H3/t11-,13?/m0/s1. The Morgan fingerprint density at radius 1 is 1.33 bits per heavy atom. The second-order valence-corrected chi connectivity index (χ2v) is 4.11. The molecule has 0 fully saturated rings. The number of rotatable bonds is 7. The molecule has 18 heavy (non-hydrogen) atoms. The average molecular weight is 250 g/mol. The Labute approximate surface area is 107 Å². The number of aldehydes is 1. The Morgan fingerprint density at radius 2 is 2.00 bits per heavy atom. The number of hydrogen-bond acceptors (Lipinski definition) is 4. The number of methoxy groups -OCH3 is 1.